The van der Waals surface area contributed by atoms with Crippen molar-refractivity contribution in [3.63, 3.8) is 0 Å². The van der Waals surface area contributed by atoms with E-state index in [1.54, 1.807) is 24.3 Å². The van der Waals surface area contributed by atoms with Crippen molar-refractivity contribution < 1.29 is 14.6 Å². The summed E-state index contributed by atoms with van der Waals surface area (Å²) in [7, 11) is 0. The number of anilines is 1. The molecule has 0 aromatic heterocycles. The summed E-state index contributed by atoms with van der Waals surface area (Å²) in [6.07, 6.45) is 2.78. The quantitative estimate of drug-likeness (QED) is 0.433. The predicted octanol–water partition coefficient (Wildman–Crippen LogP) is 5.36. The van der Waals surface area contributed by atoms with Gasteiger partial charge in [-0.25, -0.2) is 0 Å². The van der Waals surface area contributed by atoms with E-state index in [9.17, 15) is 9.90 Å². The summed E-state index contributed by atoms with van der Waals surface area (Å²) in [6.45, 7) is 2.72. The van der Waals surface area contributed by atoms with Gasteiger partial charge in [0.05, 0.1) is 6.61 Å². The summed E-state index contributed by atoms with van der Waals surface area (Å²) in [5.74, 6) is 0.709. The third-order valence-electron chi connectivity index (χ3n) is 4.12. The Morgan fingerprint density at radius 2 is 1.64 bits per heavy atom. The first kappa shape index (κ1) is 19.2. The van der Waals surface area contributed by atoms with Crippen LogP contribution in [0.2, 0.25) is 0 Å². The maximum atomic E-state index is 13.0. The lowest BCUT2D eigenvalue weighted by molar-refractivity contribution is -0.111. The number of carbonyl (C=O) groups excluding carboxylic acids is 1. The smallest absolute Gasteiger partial charge is 0.256 e. The van der Waals surface area contributed by atoms with Crippen molar-refractivity contribution in [2.45, 2.75) is 13.3 Å². The van der Waals surface area contributed by atoms with Crippen LogP contribution in [0.5, 0.6) is 11.5 Å². The normalized spacial score (nSPS) is 11.1. The zero-order valence-corrected chi connectivity index (χ0v) is 15.8. The number of rotatable bonds is 7. The van der Waals surface area contributed by atoms with Crippen molar-refractivity contribution in [1.29, 1.82) is 0 Å². The van der Waals surface area contributed by atoms with Gasteiger partial charge in [0, 0.05) is 11.3 Å². The molecule has 0 heterocycles. The molecule has 3 rings (SSSR count). The monoisotopic (exact) mass is 373 g/mol. The fraction of sp³-hybridized carbons (Fsp3) is 0.125. The maximum Gasteiger partial charge on any atom is 0.256 e. The highest BCUT2D eigenvalue weighted by Gasteiger charge is 2.13. The number of ether oxygens (including phenoxy) is 1. The largest absolute Gasteiger partial charge is 0.508 e. The molecule has 0 saturated heterocycles. The Labute approximate surface area is 165 Å². The SMILES string of the molecule is CCCOc1ccc(NC(=O)/C(=C/c2ccccc2)c2ccc(O)cc2)cc1. The molecule has 0 atom stereocenters. The molecule has 142 valence electrons. The molecular formula is C24H23NO3. The molecule has 0 saturated carbocycles. The first-order chi connectivity index (χ1) is 13.7. The second-order valence-corrected chi connectivity index (χ2v) is 6.34. The van der Waals surface area contributed by atoms with Gasteiger partial charge in [-0.05, 0) is 60.0 Å². The minimum absolute atomic E-state index is 0.158. The molecule has 4 heteroatoms. The number of benzene rings is 3. The van der Waals surface area contributed by atoms with Gasteiger partial charge >= 0.3 is 0 Å². The standard InChI is InChI=1S/C24H23NO3/c1-2-16-28-22-14-10-20(11-15-22)25-24(27)23(17-18-6-4-3-5-7-18)19-8-12-21(26)13-9-19/h3-15,17,26H,2,16H2,1H3,(H,25,27)/b23-17+. The first-order valence-electron chi connectivity index (χ1n) is 9.26. The van der Waals surface area contributed by atoms with E-state index >= 15 is 0 Å². The van der Waals surface area contributed by atoms with Crippen LogP contribution in [0.4, 0.5) is 5.69 Å². The van der Waals surface area contributed by atoms with Gasteiger partial charge in [0.15, 0.2) is 0 Å². The molecule has 4 nitrogen and oxygen atoms in total. The van der Waals surface area contributed by atoms with Crippen molar-refractivity contribution in [2.75, 3.05) is 11.9 Å². The summed E-state index contributed by atoms with van der Waals surface area (Å²) in [6, 6.07) is 23.6. The van der Waals surface area contributed by atoms with Crippen LogP contribution >= 0.6 is 0 Å². The highest BCUT2D eigenvalue weighted by Crippen LogP contribution is 2.23. The minimum Gasteiger partial charge on any atom is -0.508 e. The molecule has 0 aliphatic carbocycles. The Morgan fingerprint density at radius 1 is 0.964 bits per heavy atom. The summed E-state index contributed by atoms with van der Waals surface area (Å²) in [5, 5.41) is 12.5. The molecule has 0 aliphatic heterocycles. The van der Waals surface area contributed by atoms with Crippen LogP contribution in [0.3, 0.4) is 0 Å². The maximum absolute atomic E-state index is 13.0. The zero-order chi connectivity index (χ0) is 19.8. The van der Waals surface area contributed by atoms with E-state index in [1.165, 1.54) is 0 Å². The third kappa shape index (κ3) is 5.24. The van der Waals surface area contributed by atoms with Crippen LogP contribution in [-0.4, -0.2) is 17.6 Å². The van der Waals surface area contributed by atoms with Gasteiger partial charge in [0.2, 0.25) is 0 Å². The van der Waals surface area contributed by atoms with Crippen LogP contribution in [0.1, 0.15) is 24.5 Å². The van der Waals surface area contributed by atoms with E-state index in [2.05, 4.69) is 12.2 Å². The topological polar surface area (TPSA) is 58.6 Å². The van der Waals surface area contributed by atoms with Crippen molar-refractivity contribution in [1.82, 2.24) is 0 Å². The van der Waals surface area contributed by atoms with E-state index in [0.29, 0.717) is 17.9 Å². The van der Waals surface area contributed by atoms with Crippen LogP contribution in [0.25, 0.3) is 11.6 Å². The number of phenolic OH excluding ortho intramolecular Hbond substituents is 1. The Balaban J connectivity index is 1.84. The molecule has 2 N–H and O–H groups in total. The molecule has 0 bridgehead atoms. The average Bonchev–Trinajstić information content (AvgIpc) is 2.73. The molecule has 0 spiro atoms. The van der Waals surface area contributed by atoms with Gasteiger partial charge in [-0.1, -0.05) is 49.4 Å². The van der Waals surface area contributed by atoms with E-state index in [0.717, 1.165) is 23.3 Å². The molecule has 0 aliphatic rings. The summed E-state index contributed by atoms with van der Waals surface area (Å²) < 4.78 is 5.57. The molecule has 0 unspecified atom stereocenters. The zero-order valence-electron chi connectivity index (χ0n) is 15.8. The number of nitrogens with one attached hydrogen (secondary N) is 1. The van der Waals surface area contributed by atoms with Gasteiger partial charge in [0.1, 0.15) is 11.5 Å². The van der Waals surface area contributed by atoms with Crippen molar-refractivity contribution in [3.8, 4) is 11.5 Å². The number of phenols is 1. The third-order valence-corrected chi connectivity index (χ3v) is 4.12. The summed E-state index contributed by atoms with van der Waals surface area (Å²) in [5.41, 5.74) is 2.84. The van der Waals surface area contributed by atoms with E-state index in [-0.39, 0.29) is 11.7 Å². The first-order valence-corrected chi connectivity index (χ1v) is 9.26. The molecule has 28 heavy (non-hydrogen) atoms. The van der Waals surface area contributed by atoms with E-state index in [1.807, 2.05) is 60.7 Å². The molecule has 3 aromatic carbocycles. The minimum atomic E-state index is -0.225. The molecule has 1 amide bonds. The van der Waals surface area contributed by atoms with Gasteiger partial charge < -0.3 is 15.2 Å². The Hall–Kier alpha value is -3.53. The average molecular weight is 373 g/mol. The van der Waals surface area contributed by atoms with Crippen molar-refractivity contribution in [3.05, 3.63) is 90.0 Å². The molecular weight excluding hydrogens is 350 g/mol. The van der Waals surface area contributed by atoms with Gasteiger partial charge in [-0.3, -0.25) is 4.79 Å². The van der Waals surface area contributed by atoms with Gasteiger partial charge in [0.25, 0.3) is 5.91 Å². The summed E-state index contributed by atoms with van der Waals surface area (Å²) >= 11 is 0. The van der Waals surface area contributed by atoms with Crippen molar-refractivity contribution >= 4 is 23.2 Å². The number of aromatic hydroxyl groups is 1. The Kier molecular flexibility index (Phi) is 6.47. The Morgan fingerprint density at radius 3 is 2.29 bits per heavy atom. The second kappa shape index (κ2) is 9.42. The predicted molar refractivity (Wildman–Crippen MR) is 113 cm³/mol. The highest BCUT2D eigenvalue weighted by atomic mass is 16.5. The molecule has 3 aromatic rings. The summed E-state index contributed by atoms with van der Waals surface area (Å²) in [4.78, 5) is 13.0. The molecule has 0 radical (unpaired) electrons. The number of hydrogen-bond acceptors (Lipinski definition) is 3. The number of amides is 1. The van der Waals surface area contributed by atoms with E-state index < -0.39 is 0 Å². The second-order valence-electron chi connectivity index (χ2n) is 6.34. The van der Waals surface area contributed by atoms with Crippen LogP contribution in [0.15, 0.2) is 78.9 Å². The lowest BCUT2D eigenvalue weighted by Crippen LogP contribution is -2.13. The number of hydrogen-bond donors (Lipinski definition) is 2. The fourth-order valence-corrected chi connectivity index (χ4v) is 2.69. The van der Waals surface area contributed by atoms with Crippen LogP contribution in [0, 0.1) is 0 Å². The highest BCUT2D eigenvalue weighted by molar-refractivity contribution is 6.29. The fourth-order valence-electron chi connectivity index (χ4n) is 2.69. The van der Waals surface area contributed by atoms with Gasteiger partial charge in [-0.15, -0.1) is 0 Å². The molecule has 0 fully saturated rings. The van der Waals surface area contributed by atoms with Crippen LogP contribution in [-0.2, 0) is 4.79 Å². The number of carbonyl (C=O) groups is 1. The lowest BCUT2D eigenvalue weighted by Gasteiger charge is -2.11. The van der Waals surface area contributed by atoms with Crippen LogP contribution < -0.4 is 10.1 Å². The van der Waals surface area contributed by atoms with E-state index in [4.69, 9.17) is 4.74 Å². The van der Waals surface area contributed by atoms with Crippen molar-refractivity contribution in [2.24, 2.45) is 0 Å². The Bertz CT molecular complexity index is 930. The van der Waals surface area contributed by atoms with Gasteiger partial charge in [-0.2, -0.15) is 0 Å². The lowest BCUT2D eigenvalue weighted by atomic mass is 10.0.